The summed E-state index contributed by atoms with van der Waals surface area (Å²) < 4.78 is 89.5. The second-order valence-electron chi connectivity index (χ2n) is 7.93. The average Bonchev–Trinajstić information content (AvgIpc) is 3.07. The van der Waals surface area contributed by atoms with Crippen LogP contribution in [-0.2, 0) is 14.3 Å². The molecule has 3 aliphatic rings. The van der Waals surface area contributed by atoms with Crippen LogP contribution in [0.2, 0.25) is 0 Å². The summed E-state index contributed by atoms with van der Waals surface area (Å²) in [6.07, 6.45) is -12.4. The molecule has 0 bridgehead atoms. The Bertz CT molecular complexity index is 553. The van der Waals surface area contributed by atoms with Gasteiger partial charge in [-0.3, -0.25) is 4.79 Å². The standard InChI is InChI=1S/C17H23F6NO4/c18-16(19,20)11-5-10(6-12(7-11)17(21,22)23)14(25)24-2-4-28-13(8-24)15(26)1-3-27-9-15/h10-13,26H,1-9H2/t10?,11?,12?,13?,15-/m0/s1. The zero-order valence-corrected chi connectivity index (χ0v) is 15.1. The van der Waals surface area contributed by atoms with E-state index in [9.17, 15) is 36.2 Å². The minimum atomic E-state index is -4.79. The van der Waals surface area contributed by atoms with Gasteiger partial charge in [0.2, 0.25) is 5.91 Å². The summed E-state index contributed by atoms with van der Waals surface area (Å²) in [5, 5.41) is 10.5. The maximum absolute atomic E-state index is 13.1. The first kappa shape index (κ1) is 21.6. The number of morpholine rings is 1. The lowest BCUT2D eigenvalue weighted by molar-refractivity contribution is -0.229. The number of amides is 1. The fraction of sp³-hybridized carbons (Fsp3) is 0.941. The molecule has 3 fully saturated rings. The minimum absolute atomic E-state index is 0.00935. The molecule has 1 saturated carbocycles. The molecule has 162 valence electrons. The summed E-state index contributed by atoms with van der Waals surface area (Å²) >= 11 is 0. The molecular weight excluding hydrogens is 396 g/mol. The molecule has 2 aliphatic heterocycles. The van der Waals surface area contributed by atoms with Crippen molar-refractivity contribution in [1.82, 2.24) is 4.90 Å². The molecule has 3 unspecified atom stereocenters. The molecule has 1 amide bonds. The van der Waals surface area contributed by atoms with Gasteiger partial charge in [-0.15, -0.1) is 0 Å². The molecule has 2 saturated heterocycles. The average molecular weight is 419 g/mol. The Labute approximate surface area is 157 Å². The predicted octanol–water partition coefficient (Wildman–Crippen LogP) is 2.52. The number of carbonyl (C=O) groups is 1. The highest BCUT2D eigenvalue weighted by molar-refractivity contribution is 5.79. The Balaban J connectivity index is 1.72. The van der Waals surface area contributed by atoms with Crippen LogP contribution in [0.3, 0.4) is 0 Å². The molecule has 28 heavy (non-hydrogen) atoms. The molecule has 0 radical (unpaired) electrons. The van der Waals surface area contributed by atoms with Crippen molar-refractivity contribution >= 4 is 5.91 Å². The summed E-state index contributed by atoms with van der Waals surface area (Å²) in [6, 6.07) is 0. The fourth-order valence-corrected chi connectivity index (χ4v) is 4.31. The SMILES string of the molecule is O=C(C1CC(C(F)(F)F)CC(C(F)(F)F)C1)N1CCOC([C@]2(O)CCOC2)C1. The number of aliphatic hydroxyl groups is 1. The normalized spacial score (nSPS) is 37.9. The van der Waals surface area contributed by atoms with E-state index in [4.69, 9.17) is 9.47 Å². The van der Waals surface area contributed by atoms with Crippen LogP contribution in [0, 0.1) is 17.8 Å². The number of nitrogens with zero attached hydrogens (tertiary/aromatic N) is 1. The lowest BCUT2D eigenvalue weighted by Gasteiger charge is -2.42. The van der Waals surface area contributed by atoms with Crippen molar-refractivity contribution in [3.05, 3.63) is 0 Å². The molecule has 1 aliphatic carbocycles. The Morgan fingerprint density at radius 3 is 2.11 bits per heavy atom. The van der Waals surface area contributed by atoms with Gasteiger partial charge >= 0.3 is 12.4 Å². The Hall–Kier alpha value is -1.07. The largest absolute Gasteiger partial charge is 0.391 e. The van der Waals surface area contributed by atoms with E-state index < -0.39 is 67.0 Å². The highest BCUT2D eigenvalue weighted by Gasteiger charge is 2.54. The second-order valence-corrected chi connectivity index (χ2v) is 7.93. The van der Waals surface area contributed by atoms with E-state index in [0.717, 1.165) is 0 Å². The van der Waals surface area contributed by atoms with Gasteiger partial charge in [-0.2, -0.15) is 26.3 Å². The molecule has 4 atom stereocenters. The molecule has 5 nitrogen and oxygen atoms in total. The summed E-state index contributed by atoms with van der Waals surface area (Å²) in [5.74, 6) is -6.42. The van der Waals surface area contributed by atoms with Crippen molar-refractivity contribution in [3.8, 4) is 0 Å². The molecule has 1 N–H and O–H groups in total. The Kier molecular flexibility index (Phi) is 5.90. The van der Waals surface area contributed by atoms with E-state index >= 15 is 0 Å². The van der Waals surface area contributed by atoms with Crippen molar-refractivity contribution in [2.45, 2.75) is 49.7 Å². The first-order chi connectivity index (χ1) is 12.9. The lowest BCUT2D eigenvalue weighted by atomic mass is 9.74. The number of halogens is 6. The monoisotopic (exact) mass is 419 g/mol. The van der Waals surface area contributed by atoms with Gasteiger partial charge < -0.3 is 19.5 Å². The molecule has 3 rings (SSSR count). The van der Waals surface area contributed by atoms with Gasteiger partial charge in [-0.25, -0.2) is 0 Å². The van der Waals surface area contributed by atoms with Gasteiger partial charge in [-0.1, -0.05) is 0 Å². The summed E-state index contributed by atoms with van der Waals surface area (Å²) in [5.41, 5.74) is -1.31. The molecule has 0 spiro atoms. The summed E-state index contributed by atoms with van der Waals surface area (Å²) in [7, 11) is 0. The third-order valence-corrected chi connectivity index (χ3v) is 5.99. The zero-order chi connectivity index (χ0) is 20.7. The maximum atomic E-state index is 13.1. The van der Waals surface area contributed by atoms with Crippen molar-refractivity contribution in [3.63, 3.8) is 0 Å². The smallest absolute Gasteiger partial charge is 0.385 e. The van der Waals surface area contributed by atoms with E-state index in [1.165, 1.54) is 4.90 Å². The van der Waals surface area contributed by atoms with E-state index in [1.807, 2.05) is 0 Å². The topological polar surface area (TPSA) is 59.0 Å². The number of alkyl halides is 6. The first-order valence-electron chi connectivity index (χ1n) is 9.24. The first-order valence-corrected chi connectivity index (χ1v) is 9.24. The van der Waals surface area contributed by atoms with Crippen molar-refractivity contribution < 1.29 is 45.7 Å². The second kappa shape index (κ2) is 7.64. The zero-order valence-electron chi connectivity index (χ0n) is 15.1. The van der Waals surface area contributed by atoms with E-state index in [-0.39, 0.29) is 32.7 Å². The number of hydrogen-bond acceptors (Lipinski definition) is 4. The van der Waals surface area contributed by atoms with Crippen LogP contribution >= 0.6 is 0 Å². The van der Waals surface area contributed by atoms with Crippen LogP contribution in [0.15, 0.2) is 0 Å². The number of ether oxygens (including phenoxy) is 2. The lowest BCUT2D eigenvalue weighted by Crippen LogP contribution is -2.57. The van der Waals surface area contributed by atoms with Crippen LogP contribution in [0.1, 0.15) is 25.7 Å². The number of carbonyl (C=O) groups excluding carboxylic acids is 1. The molecule has 0 aromatic carbocycles. The van der Waals surface area contributed by atoms with Gasteiger partial charge in [0.15, 0.2) is 0 Å². The van der Waals surface area contributed by atoms with Crippen LogP contribution < -0.4 is 0 Å². The fourth-order valence-electron chi connectivity index (χ4n) is 4.31. The number of rotatable bonds is 2. The molecule has 11 heteroatoms. The third-order valence-electron chi connectivity index (χ3n) is 5.99. The van der Waals surface area contributed by atoms with Gasteiger partial charge in [-0.05, 0) is 19.3 Å². The molecular formula is C17H23F6NO4. The van der Waals surface area contributed by atoms with E-state index in [2.05, 4.69) is 0 Å². The van der Waals surface area contributed by atoms with E-state index in [1.54, 1.807) is 0 Å². The van der Waals surface area contributed by atoms with Crippen LogP contribution in [0.5, 0.6) is 0 Å². The van der Waals surface area contributed by atoms with Crippen LogP contribution in [-0.4, -0.2) is 72.9 Å². The highest BCUT2D eigenvalue weighted by atomic mass is 19.4. The summed E-state index contributed by atoms with van der Waals surface area (Å²) in [4.78, 5) is 14.0. The van der Waals surface area contributed by atoms with Crippen molar-refractivity contribution in [2.75, 3.05) is 32.9 Å². The van der Waals surface area contributed by atoms with Crippen LogP contribution in [0.25, 0.3) is 0 Å². The molecule has 2 heterocycles. The van der Waals surface area contributed by atoms with Crippen molar-refractivity contribution in [1.29, 1.82) is 0 Å². The quantitative estimate of drug-likeness (QED) is 0.699. The van der Waals surface area contributed by atoms with Gasteiger partial charge in [0.1, 0.15) is 11.7 Å². The summed E-state index contributed by atoms with van der Waals surface area (Å²) in [6.45, 7) is 0.360. The Morgan fingerprint density at radius 1 is 1.00 bits per heavy atom. The predicted molar refractivity (Wildman–Crippen MR) is 83.1 cm³/mol. The molecule has 0 aromatic heterocycles. The van der Waals surface area contributed by atoms with Gasteiger partial charge in [0, 0.05) is 32.0 Å². The third kappa shape index (κ3) is 4.56. The van der Waals surface area contributed by atoms with Gasteiger partial charge in [0.05, 0.1) is 25.0 Å². The Morgan fingerprint density at radius 2 is 1.61 bits per heavy atom. The highest BCUT2D eigenvalue weighted by Crippen LogP contribution is 2.48. The van der Waals surface area contributed by atoms with Crippen molar-refractivity contribution in [2.24, 2.45) is 17.8 Å². The number of hydrogen-bond donors (Lipinski definition) is 1. The van der Waals surface area contributed by atoms with Gasteiger partial charge in [0.25, 0.3) is 0 Å². The van der Waals surface area contributed by atoms with E-state index in [0.29, 0.717) is 6.61 Å². The maximum Gasteiger partial charge on any atom is 0.391 e. The van der Waals surface area contributed by atoms with Crippen LogP contribution in [0.4, 0.5) is 26.3 Å². The minimum Gasteiger partial charge on any atom is -0.385 e. The molecule has 0 aromatic rings.